The van der Waals surface area contributed by atoms with Crippen molar-refractivity contribution in [2.75, 3.05) is 4.90 Å². The van der Waals surface area contributed by atoms with Crippen LogP contribution in [0.3, 0.4) is 0 Å². The summed E-state index contributed by atoms with van der Waals surface area (Å²) in [6, 6.07) is 13.5. The van der Waals surface area contributed by atoms with Gasteiger partial charge < -0.3 is 10.2 Å². The number of thioether (sulfide) groups is 1. The number of rotatable bonds is 2. The standard InChI is InChI=1S/C21H19BrN4O3S/c1-12-4-6-15(7-5-12)11-25-18-9-8-16(22)10-17(18)21(19(25)29)26(14(3)28)24-20(30-21)23-13(2)27/h4-10H,11H2,1-3H3,(H,23,24,27). The summed E-state index contributed by atoms with van der Waals surface area (Å²) in [5, 5.41) is 8.26. The molecule has 1 unspecified atom stereocenters. The maximum Gasteiger partial charge on any atom is 0.271 e. The number of fused-ring (bicyclic) bond motifs is 2. The molecule has 0 fully saturated rings. The van der Waals surface area contributed by atoms with Crippen LogP contribution >= 0.6 is 27.7 Å². The molecule has 1 atom stereocenters. The number of nitrogens with zero attached hydrogens (tertiary/aromatic N) is 3. The zero-order valence-corrected chi connectivity index (χ0v) is 19.0. The lowest BCUT2D eigenvalue weighted by Crippen LogP contribution is -2.48. The van der Waals surface area contributed by atoms with E-state index in [1.807, 2.05) is 49.4 Å². The molecule has 0 radical (unpaired) electrons. The van der Waals surface area contributed by atoms with Gasteiger partial charge in [0.1, 0.15) is 0 Å². The van der Waals surface area contributed by atoms with Crippen LogP contribution in [-0.4, -0.2) is 27.9 Å². The quantitative estimate of drug-likeness (QED) is 0.704. The van der Waals surface area contributed by atoms with E-state index in [-0.39, 0.29) is 22.9 Å². The summed E-state index contributed by atoms with van der Waals surface area (Å²) in [7, 11) is 0. The van der Waals surface area contributed by atoms with Gasteiger partial charge in [0.2, 0.25) is 16.7 Å². The Morgan fingerprint density at radius 1 is 1.17 bits per heavy atom. The number of carbonyl (C=O) groups excluding carboxylic acids is 3. The van der Waals surface area contributed by atoms with Crippen LogP contribution in [0, 0.1) is 6.92 Å². The van der Waals surface area contributed by atoms with Gasteiger partial charge in [-0.15, -0.1) is 5.10 Å². The van der Waals surface area contributed by atoms with E-state index in [4.69, 9.17) is 0 Å². The molecule has 7 nitrogen and oxygen atoms in total. The van der Waals surface area contributed by atoms with Crippen molar-refractivity contribution < 1.29 is 14.4 Å². The number of hydrazone groups is 1. The molecule has 2 aliphatic heterocycles. The van der Waals surface area contributed by atoms with Gasteiger partial charge in [-0.2, -0.15) is 5.01 Å². The highest BCUT2D eigenvalue weighted by atomic mass is 79.9. The van der Waals surface area contributed by atoms with Crippen LogP contribution < -0.4 is 10.2 Å². The van der Waals surface area contributed by atoms with E-state index < -0.39 is 4.87 Å². The average Bonchev–Trinajstić information content (AvgIpc) is 3.16. The first-order valence-corrected chi connectivity index (χ1v) is 10.9. The SMILES string of the molecule is CC(=O)NC1=NN(C(C)=O)C2(S1)C(=O)N(Cc1ccc(C)cc1)c1ccc(Br)cc12. The normalized spacial score (nSPS) is 19.9. The summed E-state index contributed by atoms with van der Waals surface area (Å²) in [6.45, 7) is 5.08. The minimum absolute atomic E-state index is 0.217. The Bertz CT molecular complexity index is 1100. The molecule has 9 heteroatoms. The van der Waals surface area contributed by atoms with Crippen molar-refractivity contribution in [3.63, 3.8) is 0 Å². The number of benzene rings is 2. The van der Waals surface area contributed by atoms with E-state index in [2.05, 4.69) is 26.3 Å². The second-order valence-corrected chi connectivity index (χ2v) is 9.30. The lowest BCUT2D eigenvalue weighted by Gasteiger charge is -2.29. The number of halogens is 1. The van der Waals surface area contributed by atoms with Crippen molar-refractivity contribution in [2.24, 2.45) is 5.10 Å². The van der Waals surface area contributed by atoms with Crippen molar-refractivity contribution in [2.45, 2.75) is 32.2 Å². The van der Waals surface area contributed by atoms with E-state index in [1.165, 1.54) is 18.9 Å². The number of aryl methyl sites for hydroxylation is 1. The molecule has 0 saturated carbocycles. The van der Waals surface area contributed by atoms with E-state index >= 15 is 0 Å². The van der Waals surface area contributed by atoms with Crippen molar-refractivity contribution >= 4 is 56.3 Å². The van der Waals surface area contributed by atoms with Gasteiger partial charge in [0, 0.05) is 23.9 Å². The highest BCUT2D eigenvalue weighted by molar-refractivity contribution is 9.10. The van der Waals surface area contributed by atoms with Crippen LogP contribution in [0.2, 0.25) is 0 Å². The second kappa shape index (κ2) is 7.55. The van der Waals surface area contributed by atoms with Gasteiger partial charge in [-0.1, -0.05) is 45.8 Å². The summed E-state index contributed by atoms with van der Waals surface area (Å²) in [5.74, 6) is -0.988. The van der Waals surface area contributed by atoms with Gasteiger partial charge in [0.25, 0.3) is 5.91 Å². The van der Waals surface area contributed by atoms with E-state index in [9.17, 15) is 14.4 Å². The van der Waals surface area contributed by atoms with Crippen molar-refractivity contribution in [1.82, 2.24) is 10.3 Å². The molecule has 2 heterocycles. The minimum atomic E-state index is -1.40. The smallest absolute Gasteiger partial charge is 0.271 e. The van der Waals surface area contributed by atoms with Crippen molar-refractivity contribution in [3.8, 4) is 0 Å². The number of anilines is 1. The first-order valence-electron chi connectivity index (χ1n) is 9.26. The number of nitrogens with one attached hydrogen (secondary N) is 1. The first-order chi connectivity index (χ1) is 14.2. The Kier molecular flexibility index (Phi) is 5.19. The molecule has 1 N–H and O–H groups in total. The summed E-state index contributed by atoms with van der Waals surface area (Å²) in [4.78, 5) is 38.2. The zero-order chi connectivity index (χ0) is 21.6. The third-order valence-corrected chi connectivity index (χ3v) is 6.66. The Balaban J connectivity index is 1.82. The lowest BCUT2D eigenvalue weighted by molar-refractivity contribution is -0.139. The number of carbonyl (C=O) groups is 3. The Morgan fingerprint density at radius 2 is 1.87 bits per heavy atom. The third kappa shape index (κ3) is 3.31. The van der Waals surface area contributed by atoms with Gasteiger partial charge in [-0.05, 0) is 42.4 Å². The molecular weight excluding hydrogens is 468 g/mol. The van der Waals surface area contributed by atoms with Gasteiger partial charge in [-0.25, -0.2) is 0 Å². The highest BCUT2D eigenvalue weighted by Gasteiger charge is 2.61. The highest BCUT2D eigenvalue weighted by Crippen LogP contribution is 2.55. The molecule has 3 amide bonds. The summed E-state index contributed by atoms with van der Waals surface area (Å²) < 4.78 is 0.780. The van der Waals surface area contributed by atoms with Crippen LogP contribution in [-0.2, 0) is 25.8 Å². The molecular formula is C21H19BrN4O3S. The van der Waals surface area contributed by atoms with Crippen LogP contribution in [0.25, 0.3) is 0 Å². The molecule has 1 spiro atoms. The Labute approximate surface area is 186 Å². The lowest BCUT2D eigenvalue weighted by atomic mass is 10.1. The molecule has 30 heavy (non-hydrogen) atoms. The van der Waals surface area contributed by atoms with Crippen molar-refractivity contribution in [1.29, 1.82) is 0 Å². The fraction of sp³-hybridized carbons (Fsp3) is 0.238. The number of hydrogen-bond acceptors (Lipinski definition) is 5. The number of amides is 3. The summed E-state index contributed by atoms with van der Waals surface area (Å²) in [5.41, 5.74) is 3.47. The maximum atomic E-state index is 13.8. The van der Waals surface area contributed by atoms with Crippen LogP contribution in [0.15, 0.2) is 52.0 Å². The predicted octanol–water partition coefficient (Wildman–Crippen LogP) is 3.46. The van der Waals surface area contributed by atoms with Gasteiger partial charge in [-0.3, -0.25) is 14.4 Å². The van der Waals surface area contributed by atoms with E-state index in [0.717, 1.165) is 27.4 Å². The van der Waals surface area contributed by atoms with Gasteiger partial charge in [0.05, 0.1) is 12.2 Å². The maximum absolute atomic E-state index is 13.8. The average molecular weight is 487 g/mol. The molecule has 2 aromatic rings. The molecule has 0 saturated heterocycles. The Morgan fingerprint density at radius 3 is 2.50 bits per heavy atom. The predicted molar refractivity (Wildman–Crippen MR) is 120 cm³/mol. The summed E-state index contributed by atoms with van der Waals surface area (Å²) >= 11 is 4.55. The zero-order valence-electron chi connectivity index (χ0n) is 16.6. The second-order valence-electron chi connectivity index (χ2n) is 7.20. The largest absolute Gasteiger partial charge is 0.304 e. The molecule has 2 aromatic carbocycles. The summed E-state index contributed by atoms with van der Waals surface area (Å²) in [6.07, 6.45) is 0. The molecule has 4 rings (SSSR count). The molecule has 0 aromatic heterocycles. The first kappa shape index (κ1) is 20.6. The van der Waals surface area contributed by atoms with E-state index in [1.54, 1.807) is 4.90 Å². The molecule has 0 aliphatic carbocycles. The topological polar surface area (TPSA) is 82.1 Å². The Hall–Kier alpha value is -2.65. The van der Waals surface area contributed by atoms with Crippen LogP contribution in [0.1, 0.15) is 30.5 Å². The number of amidine groups is 1. The fourth-order valence-electron chi connectivity index (χ4n) is 3.62. The van der Waals surface area contributed by atoms with Crippen LogP contribution in [0.5, 0.6) is 0 Å². The van der Waals surface area contributed by atoms with E-state index in [0.29, 0.717) is 17.8 Å². The minimum Gasteiger partial charge on any atom is -0.304 e. The van der Waals surface area contributed by atoms with Crippen molar-refractivity contribution in [3.05, 3.63) is 63.6 Å². The fourth-order valence-corrected chi connectivity index (χ4v) is 5.30. The number of hydrogen-bond donors (Lipinski definition) is 1. The van der Waals surface area contributed by atoms with Crippen LogP contribution in [0.4, 0.5) is 5.69 Å². The molecule has 154 valence electrons. The third-order valence-electron chi connectivity index (χ3n) is 4.93. The molecule has 2 aliphatic rings. The van der Waals surface area contributed by atoms with Gasteiger partial charge >= 0.3 is 0 Å². The monoisotopic (exact) mass is 486 g/mol. The molecule has 0 bridgehead atoms. The van der Waals surface area contributed by atoms with Gasteiger partial charge in [0.15, 0.2) is 5.17 Å².